The minimum atomic E-state index is -1.15. The standard InChI is InChI=1S/C39H55N3O8/c1-4-6-20-31(44)40-29(26-48-3)34(27-16-10-7-11-17-27)49-38(47)32-30-21-22-39(50-30)33(32)36(45)42(24-14-9-15-25-43)35(39)37(46)41(23-5-2)28-18-12-8-13-19-28/h4-5,7,10-11,16-17,28-30,32-35,43H,1-2,6,8-9,12-15,18-26H2,3H3,(H,40,44)/t29-,30+,32-,33-,34-,35+,39-/m1/s1. The van der Waals surface area contributed by atoms with Crippen LogP contribution in [0, 0.1) is 11.8 Å². The number of allylic oxidation sites excluding steroid dienone is 1. The molecule has 1 spiro atoms. The van der Waals surface area contributed by atoms with Gasteiger partial charge in [0.05, 0.1) is 30.6 Å². The Morgan fingerprint density at radius 1 is 1.10 bits per heavy atom. The molecule has 7 atom stereocenters. The van der Waals surface area contributed by atoms with Gasteiger partial charge in [-0.2, -0.15) is 0 Å². The monoisotopic (exact) mass is 693 g/mol. The Morgan fingerprint density at radius 3 is 2.54 bits per heavy atom. The van der Waals surface area contributed by atoms with Gasteiger partial charge in [-0.05, 0) is 56.9 Å². The van der Waals surface area contributed by atoms with E-state index in [0.29, 0.717) is 57.2 Å². The van der Waals surface area contributed by atoms with Gasteiger partial charge in [0, 0.05) is 39.3 Å². The van der Waals surface area contributed by atoms with E-state index < -0.39 is 47.7 Å². The van der Waals surface area contributed by atoms with Crippen LogP contribution < -0.4 is 5.32 Å². The van der Waals surface area contributed by atoms with Crippen LogP contribution in [-0.4, -0.2) is 102 Å². The zero-order valence-corrected chi connectivity index (χ0v) is 29.5. The number of methoxy groups -OCH3 is 1. The van der Waals surface area contributed by atoms with E-state index in [1.54, 1.807) is 17.1 Å². The molecule has 0 aromatic heterocycles. The number of nitrogens with one attached hydrogen (secondary N) is 1. The maximum Gasteiger partial charge on any atom is 0.313 e. The van der Waals surface area contributed by atoms with Crippen molar-refractivity contribution in [2.24, 2.45) is 11.8 Å². The van der Waals surface area contributed by atoms with E-state index >= 15 is 0 Å². The first-order valence-corrected chi connectivity index (χ1v) is 18.5. The molecule has 4 fully saturated rings. The predicted molar refractivity (Wildman–Crippen MR) is 188 cm³/mol. The Labute approximate surface area is 296 Å². The molecule has 1 saturated carbocycles. The zero-order valence-electron chi connectivity index (χ0n) is 29.5. The molecule has 5 rings (SSSR count). The second-order valence-electron chi connectivity index (χ2n) is 14.2. The third-order valence-corrected chi connectivity index (χ3v) is 11.0. The van der Waals surface area contributed by atoms with Crippen molar-refractivity contribution < 1.29 is 38.5 Å². The van der Waals surface area contributed by atoms with Gasteiger partial charge in [0.2, 0.25) is 17.7 Å². The Kier molecular flexibility index (Phi) is 13.3. The number of fused-ring (bicyclic) bond motifs is 1. The van der Waals surface area contributed by atoms with Crippen molar-refractivity contribution in [3.05, 3.63) is 61.2 Å². The van der Waals surface area contributed by atoms with Gasteiger partial charge in [-0.25, -0.2) is 0 Å². The number of aliphatic hydroxyl groups is 1. The first kappa shape index (κ1) is 37.7. The van der Waals surface area contributed by atoms with Crippen LogP contribution in [0.4, 0.5) is 0 Å². The highest BCUT2D eigenvalue weighted by molar-refractivity contribution is 5.98. The number of aliphatic hydroxyl groups excluding tert-OH is 1. The highest BCUT2D eigenvalue weighted by atomic mass is 16.6. The minimum absolute atomic E-state index is 0.0533. The smallest absolute Gasteiger partial charge is 0.313 e. The second kappa shape index (κ2) is 17.6. The molecule has 274 valence electrons. The highest BCUT2D eigenvalue weighted by Gasteiger charge is 2.75. The fourth-order valence-corrected chi connectivity index (χ4v) is 8.74. The van der Waals surface area contributed by atoms with Crippen LogP contribution in [0.1, 0.15) is 88.7 Å². The summed E-state index contributed by atoms with van der Waals surface area (Å²) >= 11 is 0. The lowest BCUT2D eigenvalue weighted by atomic mass is 9.70. The van der Waals surface area contributed by atoms with E-state index in [1.165, 1.54) is 7.11 Å². The molecule has 0 unspecified atom stereocenters. The average Bonchev–Trinajstić information content (AvgIpc) is 3.78. The molecule has 11 nitrogen and oxygen atoms in total. The Bertz CT molecular complexity index is 1350. The summed E-state index contributed by atoms with van der Waals surface area (Å²) in [5, 5.41) is 12.4. The summed E-state index contributed by atoms with van der Waals surface area (Å²) in [4.78, 5) is 60.2. The summed E-state index contributed by atoms with van der Waals surface area (Å²) in [5.74, 6) is -3.01. The van der Waals surface area contributed by atoms with E-state index in [0.717, 1.165) is 32.1 Å². The van der Waals surface area contributed by atoms with Crippen molar-refractivity contribution >= 4 is 23.7 Å². The molecular formula is C39H55N3O8. The maximum absolute atomic E-state index is 14.8. The van der Waals surface area contributed by atoms with Crippen molar-refractivity contribution in [2.75, 3.05) is 33.4 Å². The van der Waals surface area contributed by atoms with Crippen LogP contribution in [-0.2, 0) is 33.4 Å². The third-order valence-electron chi connectivity index (χ3n) is 11.0. The predicted octanol–water partition coefficient (Wildman–Crippen LogP) is 4.25. The molecule has 11 heteroatoms. The number of ether oxygens (including phenoxy) is 3. The topological polar surface area (TPSA) is 135 Å². The third kappa shape index (κ3) is 7.85. The molecule has 2 N–H and O–H groups in total. The van der Waals surface area contributed by atoms with Gasteiger partial charge in [0.15, 0.2) is 0 Å². The Hall–Kier alpha value is -3.54. The molecule has 2 bridgehead atoms. The summed E-state index contributed by atoms with van der Waals surface area (Å²) in [5.41, 5.74) is -0.477. The number of benzene rings is 1. The van der Waals surface area contributed by atoms with Gasteiger partial charge in [0.25, 0.3) is 0 Å². The molecule has 1 aromatic rings. The van der Waals surface area contributed by atoms with Gasteiger partial charge in [-0.1, -0.05) is 61.7 Å². The summed E-state index contributed by atoms with van der Waals surface area (Å²) in [6.07, 6.45) is 10.6. The van der Waals surface area contributed by atoms with Crippen LogP contribution in [0.5, 0.6) is 0 Å². The average molecular weight is 694 g/mol. The molecular weight excluding hydrogens is 638 g/mol. The van der Waals surface area contributed by atoms with Crippen molar-refractivity contribution in [1.29, 1.82) is 0 Å². The fourth-order valence-electron chi connectivity index (χ4n) is 8.74. The van der Waals surface area contributed by atoms with Gasteiger partial charge >= 0.3 is 5.97 Å². The summed E-state index contributed by atoms with van der Waals surface area (Å²) in [7, 11) is 1.52. The van der Waals surface area contributed by atoms with E-state index in [2.05, 4.69) is 18.5 Å². The molecule has 4 aliphatic rings. The van der Waals surface area contributed by atoms with Crippen LogP contribution >= 0.6 is 0 Å². The number of hydrogen-bond acceptors (Lipinski definition) is 8. The Balaban J connectivity index is 1.46. The lowest BCUT2D eigenvalue weighted by Crippen LogP contribution is -2.58. The molecule has 3 aliphatic heterocycles. The van der Waals surface area contributed by atoms with Crippen LogP contribution in [0.2, 0.25) is 0 Å². The van der Waals surface area contributed by atoms with E-state index in [4.69, 9.17) is 14.2 Å². The molecule has 3 saturated heterocycles. The molecule has 1 aromatic carbocycles. The first-order chi connectivity index (χ1) is 24.3. The number of rotatable bonds is 19. The number of carbonyl (C=O) groups excluding carboxylic acids is 4. The number of amides is 3. The van der Waals surface area contributed by atoms with Crippen molar-refractivity contribution in [2.45, 2.75) is 113 Å². The lowest BCUT2D eigenvalue weighted by molar-refractivity contribution is -0.163. The summed E-state index contributed by atoms with van der Waals surface area (Å²) in [6, 6.07) is 7.68. The van der Waals surface area contributed by atoms with Gasteiger partial charge < -0.3 is 34.4 Å². The van der Waals surface area contributed by atoms with Gasteiger partial charge in [-0.15, -0.1) is 13.2 Å². The van der Waals surface area contributed by atoms with E-state index in [9.17, 15) is 24.3 Å². The normalized spacial score (nSPS) is 27.0. The number of unbranched alkanes of at least 4 members (excludes halogenated alkanes) is 2. The number of likely N-dealkylation sites (tertiary alicyclic amines) is 1. The van der Waals surface area contributed by atoms with Gasteiger partial charge in [-0.3, -0.25) is 19.2 Å². The molecule has 3 amide bonds. The van der Waals surface area contributed by atoms with Gasteiger partial charge in [0.1, 0.15) is 17.7 Å². The van der Waals surface area contributed by atoms with E-state index in [1.807, 2.05) is 35.2 Å². The van der Waals surface area contributed by atoms with Crippen molar-refractivity contribution in [3.63, 3.8) is 0 Å². The van der Waals surface area contributed by atoms with Crippen LogP contribution in [0.3, 0.4) is 0 Å². The minimum Gasteiger partial charge on any atom is -0.455 e. The molecule has 3 heterocycles. The lowest BCUT2D eigenvalue weighted by Gasteiger charge is -2.40. The number of hydrogen-bond donors (Lipinski definition) is 2. The number of nitrogens with zero attached hydrogens (tertiary/aromatic N) is 2. The summed E-state index contributed by atoms with van der Waals surface area (Å²) < 4.78 is 18.5. The molecule has 0 radical (unpaired) electrons. The quantitative estimate of drug-likeness (QED) is 0.125. The molecule has 50 heavy (non-hydrogen) atoms. The Morgan fingerprint density at radius 2 is 1.86 bits per heavy atom. The first-order valence-electron chi connectivity index (χ1n) is 18.5. The van der Waals surface area contributed by atoms with Crippen LogP contribution in [0.15, 0.2) is 55.6 Å². The number of esters is 1. The largest absolute Gasteiger partial charge is 0.455 e. The second-order valence-corrected chi connectivity index (χ2v) is 14.2. The van der Waals surface area contributed by atoms with Crippen molar-refractivity contribution in [3.8, 4) is 0 Å². The highest BCUT2D eigenvalue weighted by Crippen LogP contribution is 2.59. The van der Waals surface area contributed by atoms with E-state index in [-0.39, 0.29) is 43.4 Å². The number of carbonyl (C=O) groups is 4. The van der Waals surface area contributed by atoms with Crippen molar-refractivity contribution in [1.82, 2.24) is 15.1 Å². The summed E-state index contributed by atoms with van der Waals surface area (Å²) in [6.45, 7) is 8.48. The molecule has 1 aliphatic carbocycles. The van der Waals surface area contributed by atoms with Crippen LogP contribution in [0.25, 0.3) is 0 Å². The zero-order chi connectivity index (χ0) is 35.7. The maximum atomic E-state index is 14.8. The fraction of sp³-hybridized carbons (Fsp3) is 0.641. The SMILES string of the molecule is C=CCCC(=O)N[C@H](COC)[C@H](OC(=O)[C@@H]1[C@@H]2CC[C@]3(O2)[C@H](C(=O)N(CC=C)C2CCCCC2)N(CCCCCO)C(=O)[C@@H]13)c1ccccc1.